The molecule has 1 heteroatoms. The Morgan fingerprint density at radius 2 is 1.87 bits per heavy atom. The van der Waals surface area contributed by atoms with Crippen LogP contribution in [-0.4, -0.2) is 7.05 Å². The molecule has 76 valence electrons. The van der Waals surface area contributed by atoms with Crippen LogP contribution in [0.5, 0.6) is 0 Å². The highest BCUT2D eigenvalue weighted by atomic mass is 14.9. The zero-order valence-electron chi connectivity index (χ0n) is 8.90. The average molecular weight is 197 g/mol. The summed E-state index contributed by atoms with van der Waals surface area (Å²) in [5.74, 6) is 0. The van der Waals surface area contributed by atoms with Gasteiger partial charge in [0.05, 0.1) is 6.04 Å². The Hall–Kier alpha value is -1.60. The van der Waals surface area contributed by atoms with E-state index in [1.54, 1.807) is 0 Å². The molecule has 0 aromatic heterocycles. The predicted molar refractivity (Wildman–Crippen MR) is 65.9 cm³/mol. The fraction of sp³-hybridized carbons (Fsp3) is 0.143. The lowest BCUT2D eigenvalue weighted by molar-refractivity contribution is 0.717. The van der Waals surface area contributed by atoms with E-state index >= 15 is 0 Å². The van der Waals surface area contributed by atoms with Gasteiger partial charge in [-0.15, -0.1) is 6.58 Å². The smallest absolute Gasteiger partial charge is 0.0501 e. The minimum atomic E-state index is 0.231. The Bertz CT molecular complexity index is 473. The molecule has 1 N–H and O–H groups in total. The molecule has 0 fully saturated rings. The van der Waals surface area contributed by atoms with E-state index in [0.29, 0.717) is 0 Å². The molecule has 0 bridgehead atoms. The first-order valence-corrected chi connectivity index (χ1v) is 5.13. The number of hydrogen-bond donors (Lipinski definition) is 1. The van der Waals surface area contributed by atoms with Crippen molar-refractivity contribution in [1.29, 1.82) is 0 Å². The molecule has 0 saturated carbocycles. The monoisotopic (exact) mass is 197 g/mol. The van der Waals surface area contributed by atoms with Gasteiger partial charge in [-0.1, -0.05) is 42.5 Å². The summed E-state index contributed by atoms with van der Waals surface area (Å²) in [5, 5.41) is 5.77. The summed E-state index contributed by atoms with van der Waals surface area (Å²) in [6, 6.07) is 15.1. The van der Waals surface area contributed by atoms with Gasteiger partial charge in [0.2, 0.25) is 0 Å². The number of benzene rings is 2. The normalized spacial score (nSPS) is 12.6. The van der Waals surface area contributed by atoms with E-state index < -0.39 is 0 Å². The molecule has 0 aliphatic heterocycles. The SMILES string of the molecule is C=C[C@H](NC)c1ccc2ccccc2c1. The van der Waals surface area contributed by atoms with E-state index in [9.17, 15) is 0 Å². The molecule has 0 unspecified atom stereocenters. The number of hydrogen-bond acceptors (Lipinski definition) is 1. The fourth-order valence-corrected chi connectivity index (χ4v) is 1.82. The Kier molecular flexibility index (Phi) is 2.84. The number of fused-ring (bicyclic) bond motifs is 1. The van der Waals surface area contributed by atoms with E-state index in [0.717, 1.165) is 0 Å². The topological polar surface area (TPSA) is 12.0 Å². The van der Waals surface area contributed by atoms with Crippen LogP contribution in [0.2, 0.25) is 0 Å². The van der Waals surface area contributed by atoms with Gasteiger partial charge in [-0.3, -0.25) is 0 Å². The quantitative estimate of drug-likeness (QED) is 0.744. The number of nitrogens with one attached hydrogen (secondary N) is 1. The first kappa shape index (κ1) is 9.94. The van der Waals surface area contributed by atoms with Crippen molar-refractivity contribution in [3.63, 3.8) is 0 Å². The van der Waals surface area contributed by atoms with Gasteiger partial charge in [-0.25, -0.2) is 0 Å². The summed E-state index contributed by atoms with van der Waals surface area (Å²) in [4.78, 5) is 0. The first-order chi connectivity index (χ1) is 7.35. The van der Waals surface area contributed by atoms with E-state index in [4.69, 9.17) is 0 Å². The van der Waals surface area contributed by atoms with Gasteiger partial charge < -0.3 is 5.32 Å². The van der Waals surface area contributed by atoms with Gasteiger partial charge >= 0.3 is 0 Å². The predicted octanol–water partition coefficient (Wildman–Crippen LogP) is 3.29. The van der Waals surface area contributed by atoms with Crippen LogP contribution in [-0.2, 0) is 0 Å². The van der Waals surface area contributed by atoms with Crippen molar-refractivity contribution in [3.05, 3.63) is 60.7 Å². The van der Waals surface area contributed by atoms with Gasteiger partial charge in [-0.05, 0) is 29.4 Å². The molecule has 2 rings (SSSR count). The summed E-state index contributed by atoms with van der Waals surface area (Å²) in [7, 11) is 1.95. The summed E-state index contributed by atoms with van der Waals surface area (Å²) in [5.41, 5.74) is 1.26. The van der Waals surface area contributed by atoms with Crippen molar-refractivity contribution in [3.8, 4) is 0 Å². The van der Waals surface area contributed by atoms with Crippen molar-refractivity contribution < 1.29 is 0 Å². The molecule has 0 heterocycles. The van der Waals surface area contributed by atoms with Crippen LogP contribution in [0, 0.1) is 0 Å². The molecule has 1 atom stereocenters. The molecule has 2 aromatic rings. The second kappa shape index (κ2) is 4.28. The van der Waals surface area contributed by atoms with E-state index in [1.807, 2.05) is 13.1 Å². The summed E-state index contributed by atoms with van der Waals surface area (Å²) in [6.07, 6.45) is 1.92. The first-order valence-electron chi connectivity index (χ1n) is 5.13. The third-order valence-electron chi connectivity index (χ3n) is 2.68. The van der Waals surface area contributed by atoms with Crippen LogP contribution in [0.3, 0.4) is 0 Å². The number of rotatable bonds is 3. The molecule has 2 aromatic carbocycles. The van der Waals surface area contributed by atoms with E-state index in [2.05, 4.69) is 54.4 Å². The highest BCUT2D eigenvalue weighted by molar-refractivity contribution is 5.83. The Morgan fingerprint density at radius 1 is 1.13 bits per heavy atom. The van der Waals surface area contributed by atoms with Gasteiger partial charge in [0.15, 0.2) is 0 Å². The molecule has 0 spiro atoms. The van der Waals surface area contributed by atoms with E-state index in [1.165, 1.54) is 16.3 Å². The molecule has 15 heavy (non-hydrogen) atoms. The summed E-state index contributed by atoms with van der Waals surface area (Å²) in [6.45, 7) is 3.83. The zero-order chi connectivity index (χ0) is 10.7. The zero-order valence-corrected chi connectivity index (χ0v) is 8.90. The Morgan fingerprint density at radius 3 is 2.53 bits per heavy atom. The van der Waals surface area contributed by atoms with Crippen molar-refractivity contribution >= 4 is 10.8 Å². The van der Waals surface area contributed by atoms with Gasteiger partial charge in [-0.2, -0.15) is 0 Å². The third kappa shape index (κ3) is 1.92. The minimum absolute atomic E-state index is 0.231. The molecule has 0 saturated heterocycles. The van der Waals surface area contributed by atoms with Crippen LogP contribution in [0.25, 0.3) is 10.8 Å². The average Bonchev–Trinajstić information content (AvgIpc) is 2.30. The second-order valence-electron chi connectivity index (χ2n) is 3.61. The Labute approximate surface area is 90.4 Å². The van der Waals surface area contributed by atoms with Crippen LogP contribution in [0.1, 0.15) is 11.6 Å². The van der Waals surface area contributed by atoms with Crippen LogP contribution >= 0.6 is 0 Å². The maximum Gasteiger partial charge on any atom is 0.0501 e. The molecule has 0 radical (unpaired) electrons. The van der Waals surface area contributed by atoms with E-state index in [-0.39, 0.29) is 6.04 Å². The van der Waals surface area contributed by atoms with Crippen molar-refractivity contribution in [1.82, 2.24) is 5.32 Å². The maximum absolute atomic E-state index is 3.83. The molecule has 0 aliphatic carbocycles. The lowest BCUT2D eigenvalue weighted by Gasteiger charge is -2.12. The lowest BCUT2D eigenvalue weighted by atomic mass is 10.0. The summed E-state index contributed by atoms with van der Waals surface area (Å²) >= 11 is 0. The van der Waals surface area contributed by atoms with Gasteiger partial charge in [0, 0.05) is 0 Å². The Balaban J connectivity index is 2.50. The van der Waals surface area contributed by atoms with Crippen molar-refractivity contribution in [2.75, 3.05) is 7.05 Å². The highest BCUT2D eigenvalue weighted by Crippen LogP contribution is 2.20. The summed E-state index contributed by atoms with van der Waals surface area (Å²) < 4.78 is 0. The van der Waals surface area contributed by atoms with Gasteiger partial charge in [0.25, 0.3) is 0 Å². The largest absolute Gasteiger partial charge is 0.310 e. The van der Waals surface area contributed by atoms with Crippen LogP contribution < -0.4 is 5.32 Å². The third-order valence-corrected chi connectivity index (χ3v) is 2.68. The fourth-order valence-electron chi connectivity index (χ4n) is 1.82. The molecule has 1 nitrogen and oxygen atoms in total. The van der Waals surface area contributed by atoms with Crippen LogP contribution in [0.4, 0.5) is 0 Å². The van der Waals surface area contributed by atoms with Gasteiger partial charge in [0.1, 0.15) is 0 Å². The number of likely N-dealkylation sites (N-methyl/N-ethyl adjacent to an activating group) is 1. The van der Waals surface area contributed by atoms with Crippen LogP contribution in [0.15, 0.2) is 55.1 Å². The lowest BCUT2D eigenvalue weighted by Crippen LogP contribution is -2.13. The minimum Gasteiger partial charge on any atom is -0.310 e. The molecular formula is C14H15N. The standard InChI is InChI=1S/C14H15N/c1-3-14(15-2)13-9-8-11-6-4-5-7-12(11)10-13/h3-10,14-15H,1H2,2H3/t14-/m0/s1. The highest BCUT2D eigenvalue weighted by Gasteiger charge is 2.04. The molecule has 0 aliphatic rings. The molecular weight excluding hydrogens is 182 g/mol. The maximum atomic E-state index is 3.83. The van der Waals surface area contributed by atoms with Crippen molar-refractivity contribution in [2.45, 2.75) is 6.04 Å². The van der Waals surface area contributed by atoms with Crippen molar-refractivity contribution in [2.24, 2.45) is 0 Å². The second-order valence-corrected chi connectivity index (χ2v) is 3.61. The molecule has 0 amide bonds.